The molecule has 4 N–H and O–H groups in total. The first-order valence-electron chi connectivity index (χ1n) is 13.6. The van der Waals surface area contributed by atoms with E-state index in [0.717, 1.165) is 5.56 Å². The molecule has 13 nitrogen and oxygen atoms in total. The van der Waals surface area contributed by atoms with Crippen LogP contribution in [0.1, 0.15) is 52.5 Å². The molecule has 0 fully saturated rings. The molecular weight excluding hydrogens is 546 g/mol. The largest absolute Gasteiger partial charge is 0.468 e. The summed E-state index contributed by atoms with van der Waals surface area (Å²) in [6.45, 7) is 5.62. The van der Waals surface area contributed by atoms with Crippen molar-refractivity contribution in [3.63, 3.8) is 0 Å². The van der Waals surface area contributed by atoms with Gasteiger partial charge < -0.3 is 35.6 Å². The summed E-state index contributed by atoms with van der Waals surface area (Å²) in [4.78, 5) is 77.2. The van der Waals surface area contributed by atoms with E-state index in [-0.39, 0.29) is 25.9 Å². The molecule has 0 aliphatic carbocycles. The number of benzene rings is 1. The van der Waals surface area contributed by atoms with Crippen molar-refractivity contribution in [3.05, 3.63) is 48.0 Å². The highest BCUT2D eigenvalue weighted by molar-refractivity contribution is 5.96. The standard InChI is InChI=1S/C29H41N5O8/c1-28(2,3)42-27(40)32-17-23(36)34(19-20-12-8-6-9-13-20)29(4)15-11-7-10-14-21(33-26(29)39)25(38)31-16-22(35)30-18-24(37)41-5/h6-10,12-13,21H,11,14-19H2,1-5H3,(H,30,35)(H,31,38)(H,32,40)(H,33,39)/b10-7-/t21-,29+/m0/s1. The summed E-state index contributed by atoms with van der Waals surface area (Å²) in [5.41, 5.74) is -1.40. The average molecular weight is 588 g/mol. The van der Waals surface area contributed by atoms with Gasteiger partial charge in [-0.2, -0.15) is 0 Å². The molecule has 0 radical (unpaired) electrons. The number of allylic oxidation sites excluding steroid dienone is 1. The van der Waals surface area contributed by atoms with Gasteiger partial charge in [0.15, 0.2) is 0 Å². The van der Waals surface area contributed by atoms with E-state index in [2.05, 4.69) is 26.0 Å². The van der Waals surface area contributed by atoms with Crippen LogP contribution >= 0.6 is 0 Å². The minimum Gasteiger partial charge on any atom is -0.468 e. The molecule has 0 saturated carbocycles. The Morgan fingerprint density at radius 1 is 1.00 bits per heavy atom. The van der Waals surface area contributed by atoms with Gasteiger partial charge in [0.2, 0.25) is 23.6 Å². The van der Waals surface area contributed by atoms with Gasteiger partial charge in [0.1, 0.15) is 30.3 Å². The number of esters is 1. The Morgan fingerprint density at radius 2 is 1.69 bits per heavy atom. The molecule has 230 valence electrons. The van der Waals surface area contributed by atoms with E-state index in [1.807, 2.05) is 36.4 Å². The Labute approximate surface area is 245 Å². The van der Waals surface area contributed by atoms with Crippen molar-refractivity contribution in [1.29, 1.82) is 0 Å². The second-order valence-electron chi connectivity index (χ2n) is 10.9. The Bertz CT molecular complexity index is 1160. The number of amides is 5. The van der Waals surface area contributed by atoms with Crippen molar-refractivity contribution >= 4 is 35.7 Å². The first kappa shape index (κ1) is 33.8. The Balaban J connectivity index is 2.23. The number of carbonyl (C=O) groups is 6. The lowest BCUT2D eigenvalue weighted by Crippen LogP contribution is -2.62. The Hall–Kier alpha value is -4.42. The number of ether oxygens (including phenoxy) is 2. The van der Waals surface area contributed by atoms with Crippen molar-refractivity contribution < 1.29 is 38.2 Å². The molecule has 1 aliphatic heterocycles. The molecule has 1 heterocycles. The number of hydrogen-bond donors (Lipinski definition) is 4. The molecule has 2 rings (SSSR count). The fourth-order valence-electron chi connectivity index (χ4n) is 4.09. The van der Waals surface area contributed by atoms with Crippen LogP contribution in [0, 0.1) is 0 Å². The quantitative estimate of drug-likeness (QED) is 0.231. The van der Waals surface area contributed by atoms with Crippen LogP contribution in [0.4, 0.5) is 4.79 Å². The number of nitrogens with one attached hydrogen (secondary N) is 4. The molecule has 0 bridgehead atoms. The first-order chi connectivity index (χ1) is 19.7. The second-order valence-corrected chi connectivity index (χ2v) is 10.9. The van der Waals surface area contributed by atoms with Crippen LogP contribution in [0.5, 0.6) is 0 Å². The van der Waals surface area contributed by atoms with Gasteiger partial charge in [-0.25, -0.2) is 4.79 Å². The maximum atomic E-state index is 13.8. The zero-order valence-corrected chi connectivity index (χ0v) is 24.8. The highest BCUT2D eigenvalue weighted by Crippen LogP contribution is 2.26. The Kier molecular flexibility index (Phi) is 12.5. The zero-order valence-electron chi connectivity index (χ0n) is 24.8. The monoisotopic (exact) mass is 587 g/mol. The molecule has 1 aromatic carbocycles. The predicted molar refractivity (Wildman–Crippen MR) is 153 cm³/mol. The lowest BCUT2D eigenvalue weighted by molar-refractivity contribution is -0.148. The number of hydrogen-bond acceptors (Lipinski definition) is 8. The summed E-state index contributed by atoms with van der Waals surface area (Å²) in [6, 6.07) is 8.06. The topological polar surface area (TPSA) is 172 Å². The third-order valence-electron chi connectivity index (χ3n) is 6.39. The van der Waals surface area contributed by atoms with Crippen LogP contribution in [0.15, 0.2) is 42.5 Å². The first-order valence-corrected chi connectivity index (χ1v) is 13.6. The molecule has 1 aromatic rings. The minimum atomic E-state index is -1.41. The van der Waals surface area contributed by atoms with Gasteiger partial charge in [-0.1, -0.05) is 42.5 Å². The summed E-state index contributed by atoms with van der Waals surface area (Å²) in [6.07, 6.45) is 3.64. The van der Waals surface area contributed by atoms with Crippen molar-refractivity contribution in [2.45, 2.75) is 70.7 Å². The van der Waals surface area contributed by atoms with E-state index in [1.54, 1.807) is 33.8 Å². The predicted octanol–water partition coefficient (Wildman–Crippen LogP) is 0.929. The van der Waals surface area contributed by atoms with Crippen LogP contribution in [0.2, 0.25) is 0 Å². The summed E-state index contributed by atoms with van der Waals surface area (Å²) >= 11 is 0. The fraction of sp³-hybridized carbons (Fsp3) is 0.517. The van der Waals surface area contributed by atoms with E-state index in [9.17, 15) is 28.8 Å². The second kappa shape index (κ2) is 15.5. The van der Waals surface area contributed by atoms with Gasteiger partial charge >= 0.3 is 12.1 Å². The molecule has 13 heteroatoms. The number of nitrogens with zero attached hydrogens (tertiary/aromatic N) is 1. The van der Waals surface area contributed by atoms with Gasteiger partial charge in [-0.15, -0.1) is 0 Å². The third-order valence-corrected chi connectivity index (χ3v) is 6.39. The molecule has 5 amide bonds. The maximum Gasteiger partial charge on any atom is 0.408 e. The van der Waals surface area contributed by atoms with E-state index >= 15 is 0 Å². The maximum absolute atomic E-state index is 13.8. The van der Waals surface area contributed by atoms with Crippen LogP contribution in [0.3, 0.4) is 0 Å². The van der Waals surface area contributed by atoms with E-state index < -0.39 is 66.0 Å². The van der Waals surface area contributed by atoms with Crippen molar-refractivity contribution in [3.8, 4) is 0 Å². The lowest BCUT2D eigenvalue weighted by Gasteiger charge is -2.41. The smallest absolute Gasteiger partial charge is 0.408 e. The number of rotatable bonds is 10. The number of alkyl carbamates (subject to hydrolysis) is 1. The minimum absolute atomic E-state index is 0.0700. The van der Waals surface area contributed by atoms with Crippen molar-refractivity contribution in [2.24, 2.45) is 0 Å². The van der Waals surface area contributed by atoms with Crippen LogP contribution in [0.25, 0.3) is 0 Å². The fourth-order valence-corrected chi connectivity index (χ4v) is 4.09. The summed E-state index contributed by atoms with van der Waals surface area (Å²) in [7, 11) is 1.18. The van der Waals surface area contributed by atoms with Crippen LogP contribution in [-0.2, 0) is 40.0 Å². The van der Waals surface area contributed by atoms with E-state index in [0.29, 0.717) is 6.42 Å². The lowest BCUT2D eigenvalue weighted by atomic mass is 9.91. The van der Waals surface area contributed by atoms with Gasteiger partial charge in [0.25, 0.3) is 0 Å². The molecule has 0 aromatic heterocycles. The number of carbonyl (C=O) groups excluding carboxylic acids is 6. The summed E-state index contributed by atoms with van der Waals surface area (Å²) < 4.78 is 9.70. The molecule has 0 saturated heterocycles. The molecular formula is C29H41N5O8. The number of methoxy groups -OCH3 is 1. The highest BCUT2D eigenvalue weighted by Gasteiger charge is 2.43. The molecule has 42 heavy (non-hydrogen) atoms. The van der Waals surface area contributed by atoms with E-state index in [1.165, 1.54) is 12.0 Å². The third kappa shape index (κ3) is 10.9. The SMILES string of the molecule is COC(=O)CNC(=O)CNC(=O)[C@@H]1C/C=C\CC[C@@](C)(N(Cc2ccccc2)C(=O)CNC(=O)OC(C)(C)C)C(=O)N1. The molecule has 0 spiro atoms. The van der Waals surface area contributed by atoms with Gasteiger partial charge in [0, 0.05) is 6.54 Å². The van der Waals surface area contributed by atoms with Gasteiger partial charge in [-0.05, 0) is 52.5 Å². The van der Waals surface area contributed by atoms with Crippen LogP contribution in [-0.4, -0.2) is 84.5 Å². The van der Waals surface area contributed by atoms with E-state index in [4.69, 9.17) is 4.74 Å². The zero-order chi connectivity index (χ0) is 31.3. The molecule has 0 unspecified atom stereocenters. The Morgan fingerprint density at radius 3 is 2.33 bits per heavy atom. The molecule has 1 aliphatic rings. The van der Waals surface area contributed by atoms with Gasteiger partial charge in [0.05, 0.1) is 13.7 Å². The highest BCUT2D eigenvalue weighted by atomic mass is 16.6. The normalized spacial score (nSPS) is 19.5. The van der Waals surface area contributed by atoms with Crippen molar-refractivity contribution in [1.82, 2.24) is 26.2 Å². The van der Waals surface area contributed by atoms with Gasteiger partial charge in [-0.3, -0.25) is 24.0 Å². The average Bonchev–Trinajstić information content (AvgIpc) is 3.01. The molecule has 2 atom stereocenters. The summed E-state index contributed by atoms with van der Waals surface area (Å²) in [5, 5.41) is 9.97. The van der Waals surface area contributed by atoms with Crippen LogP contribution < -0.4 is 21.3 Å². The summed E-state index contributed by atoms with van der Waals surface area (Å²) in [5.74, 6) is -2.95. The van der Waals surface area contributed by atoms with Crippen molar-refractivity contribution in [2.75, 3.05) is 26.7 Å².